The second kappa shape index (κ2) is 4.67. The van der Waals surface area contributed by atoms with E-state index in [2.05, 4.69) is 22.7 Å². The third-order valence-corrected chi connectivity index (χ3v) is 3.66. The average Bonchev–Trinajstić information content (AvgIpc) is 2.90. The standard InChI is InChI=1S/C15H19N5/c1-4-7-11-13(14(16)20(3)18-11)15-17-10-8-5-6-9-12(10)19(15)2/h5-6,8-9H,4,7,16H2,1-3H3. The lowest BCUT2D eigenvalue weighted by atomic mass is 10.1. The van der Waals surface area contributed by atoms with E-state index in [1.165, 1.54) is 0 Å². The highest BCUT2D eigenvalue weighted by Gasteiger charge is 2.20. The van der Waals surface area contributed by atoms with Crippen LogP contribution in [0.25, 0.3) is 22.4 Å². The van der Waals surface area contributed by atoms with Crippen LogP contribution in [0.15, 0.2) is 24.3 Å². The zero-order valence-corrected chi connectivity index (χ0v) is 12.1. The summed E-state index contributed by atoms with van der Waals surface area (Å²) in [6.45, 7) is 2.14. The fraction of sp³-hybridized carbons (Fsp3) is 0.333. The zero-order chi connectivity index (χ0) is 14.3. The van der Waals surface area contributed by atoms with E-state index in [0.29, 0.717) is 5.82 Å². The van der Waals surface area contributed by atoms with Gasteiger partial charge in [0.05, 0.1) is 22.3 Å². The Morgan fingerprint density at radius 3 is 2.65 bits per heavy atom. The van der Waals surface area contributed by atoms with Crippen LogP contribution in [0.5, 0.6) is 0 Å². The van der Waals surface area contributed by atoms with E-state index in [9.17, 15) is 0 Å². The fourth-order valence-corrected chi connectivity index (χ4v) is 2.62. The topological polar surface area (TPSA) is 61.7 Å². The van der Waals surface area contributed by atoms with Crippen LogP contribution in [0.2, 0.25) is 0 Å². The van der Waals surface area contributed by atoms with E-state index < -0.39 is 0 Å². The van der Waals surface area contributed by atoms with Crippen LogP contribution in [0.3, 0.4) is 0 Å². The van der Waals surface area contributed by atoms with Crippen molar-refractivity contribution in [1.82, 2.24) is 19.3 Å². The lowest BCUT2D eigenvalue weighted by molar-refractivity contribution is 0.741. The van der Waals surface area contributed by atoms with Crippen molar-refractivity contribution in [3.63, 3.8) is 0 Å². The molecular formula is C15H19N5. The van der Waals surface area contributed by atoms with Crippen LogP contribution >= 0.6 is 0 Å². The first-order chi connectivity index (χ1) is 9.63. The van der Waals surface area contributed by atoms with Gasteiger partial charge in [-0.2, -0.15) is 5.10 Å². The molecule has 5 heteroatoms. The predicted molar refractivity (Wildman–Crippen MR) is 81.3 cm³/mol. The minimum absolute atomic E-state index is 0.673. The minimum atomic E-state index is 0.673. The Balaban J connectivity index is 2.27. The van der Waals surface area contributed by atoms with Crippen molar-refractivity contribution in [3.8, 4) is 11.4 Å². The molecule has 0 aliphatic heterocycles. The molecule has 1 aromatic carbocycles. The number of benzene rings is 1. The highest BCUT2D eigenvalue weighted by Crippen LogP contribution is 2.31. The SMILES string of the molecule is CCCc1nn(C)c(N)c1-c1nc2ccccc2n1C. The van der Waals surface area contributed by atoms with Gasteiger partial charge in [0.25, 0.3) is 0 Å². The molecular weight excluding hydrogens is 250 g/mol. The molecule has 0 fully saturated rings. The number of nitrogens with two attached hydrogens (primary N) is 1. The Hall–Kier alpha value is -2.30. The van der Waals surface area contributed by atoms with Gasteiger partial charge in [0, 0.05) is 14.1 Å². The van der Waals surface area contributed by atoms with Crippen molar-refractivity contribution < 1.29 is 0 Å². The van der Waals surface area contributed by atoms with Gasteiger partial charge in [-0.1, -0.05) is 25.5 Å². The zero-order valence-electron chi connectivity index (χ0n) is 12.1. The number of hydrogen-bond acceptors (Lipinski definition) is 3. The highest BCUT2D eigenvalue weighted by molar-refractivity contribution is 5.83. The molecule has 5 nitrogen and oxygen atoms in total. The molecule has 0 saturated carbocycles. The first-order valence-electron chi connectivity index (χ1n) is 6.86. The van der Waals surface area contributed by atoms with E-state index in [1.807, 2.05) is 32.3 Å². The average molecular weight is 269 g/mol. The van der Waals surface area contributed by atoms with E-state index in [4.69, 9.17) is 10.7 Å². The summed E-state index contributed by atoms with van der Waals surface area (Å²) in [7, 11) is 3.90. The van der Waals surface area contributed by atoms with Gasteiger partial charge in [-0.05, 0) is 18.6 Å². The molecule has 0 aliphatic carbocycles. The maximum Gasteiger partial charge on any atom is 0.146 e. The maximum absolute atomic E-state index is 6.20. The second-order valence-corrected chi connectivity index (χ2v) is 5.06. The van der Waals surface area contributed by atoms with Crippen molar-refractivity contribution in [2.24, 2.45) is 14.1 Å². The quantitative estimate of drug-likeness (QED) is 0.794. The Morgan fingerprint density at radius 2 is 1.95 bits per heavy atom. The second-order valence-electron chi connectivity index (χ2n) is 5.06. The summed E-state index contributed by atoms with van der Waals surface area (Å²) in [6, 6.07) is 8.11. The van der Waals surface area contributed by atoms with Crippen LogP contribution in [0, 0.1) is 0 Å². The van der Waals surface area contributed by atoms with Crippen LogP contribution in [-0.4, -0.2) is 19.3 Å². The van der Waals surface area contributed by atoms with Crippen molar-refractivity contribution >= 4 is 16.9 Å². The third kappa shape index (κ3) is 1.78. The molecule has 0 radical (unpaired) electrons. The number of anilines is 1. The summed E-state index contributed by atoms with van der Waals surface area (Å²) >= 11 is 0. The summed E-state index contributed by atoms with van der Waals surface area (Å²) in [5.74, 6) is 1.56. The Labute approximate surface area is 118 Å². The van der Waals surface area contributed by atoms with Gasteiger partial charge < -0.3 is 10.3 Å². The van der Waals surface area contributed by atoms with Crippen LogP contribution in [0.1, 0.15) is 19.0 Å². The molecule has 2 N–H and O–H groups in total. The summed E-state index contributed by atoms with van der Waals surface area (Å²) in [5.41, 5.74) is 10.3. The molecule has 0 spiro atoms. The molecule has 0 aliphatic rings. The van der Waals surface area contributed by atoms with Gasteiger partial charge in [0.1, 0.15) is 11.6 Å². The number of nitrogens with zero attached hydrogens (tertiary/aromatic N) is 4. The first-order valence-corrected chi connectivity index (χ1v) is 6.86. The summed E-state index contributed by atoms with van der Waals surface area (Å²) < 4.78 is 3.82. The van der Waals surface area contributed by atoms with Crippen LogP contribution in [-0.2, 0) is 20.5 Å². The number of fused-ring (bicyclic) bond motifs is 1. The molecule has 3 rings (SSSR count). The number of para-hydroxylation sites is 2. The van der Waals surface area contributed by atoms with E-state index in [0.717, 1.165) is 41.0 Å². The molecule has 20 heavy (non-hydrogen) atoms. The largest absolute Gasteiger partial charge is 0.383 e. The van der Waals surface area contributed by atoms with E-state index in [1.54, 1.807) is 4.68 Å². The number of nitrogen functional groups attached to an aromatic ring is 1. The van der Waals surface area contributed by atoms with Gasteiger partial charge in [0.2, 0.25) is 0 Å². The normalized spacial score (nSPS) is 11.3. The molecule has 3 aromatic rings. The predicted octanol–water partition coefficient (Wildman–Crippen LogP) is 2.51. The molecule has 0 amide bonds. The van der Waals surface area contributed by atoms with Gasteiger partial charge in [-0.15, -0.1) is 0 Å². The summed E-state index contributed by atoms with van der Waals surface area (Å²) in [4.78, 5) is 4.73. The summed E-state index contributed by atoms with van der Waals surface area (Å²) in [6.07, 6.45) is 1.94. The van der Waals surface area contributed by atoms with Crippen molar-refractivity contribution in [3.05, 3.63) is 30.0 Å². The highest BCUT2D eigenvalue weighted by atomic mass is 15.3. The van der Waals surface area contributed by atoms with Gasteiger partial charge in [-0.3, -0.25) is 4.68 Å². The van der Waals surface area contributed by atoms with Gasteiger partial charge >= 0.3 is 0 Å². The van der Waals surface area contributed by atoms with Crippen LogP contribution < -0.4 is 5.73 Å². The van der Waals surface area contributed by atoms with Gasteiger partial charge in [-0.25, -0.2) is 4.98 Å². The minimum Gasteiger partial charge on any atom is -0.383 e. The fourth-order valence-electron chi connectivity index (χ4n) is 2.62. The third-order valence-electron chi connectivity index (χ3n) is 3.66. The monoisotopic (exact) mass is 269 g/mol. The molecule has 0 saturated heterocycles. The Morgan fingerprint density at radius 1 is 1.20 bits per heavy atom. The van der Waals surface area contributed by atoms with Crippen molar-refractivity contribution in [2.75, 3.05) is 5.73 Å². The first kappa shape index (κ1) is 12.7. The van der Waals surface area contributed by atoms with Crippen molar-refractivity contribution in [1.29, 1.82) is 0 Å². The number of rotatable bonds is 3. The molecule has 0 bridgehead atoms. The van der Waals surface area contributed by atoms with Crippen molar-refractivity contribution in [2.45, 2.75) is 19.8 Å². The van der Waals surface area contributed by atoms with E-state index >= 15 is 0 Å². The number of hydrogen-bond donors (Lipinski definition) is 1. The molecule has 2 heterocycles. The Kier molecular flexibility index (Phi) is 2.97. The number of aromatic nitrogens is 4. The molecule has 2 aromatic heterocycles. The number of imidazole rings is 1. The Bertz CT molecular complexity index is 766. The lowest BCUT2D eigenvalue weighted by Gasteiger charge is -2.04. The molecule has 0 atom stereocenters. The molecule has 104 valence electrons. The maximum atomic E-state index is 6.20. The van der Waals surface area contributed by atoms with Crippen LogP contribution in [0.4, 0.5) is 5.82 Å². The van der Waals surface area contributed by atoms with Gasteiger partial charge in [0.15, 0.2) is 0 Å². The summed E-state index contributed by atoms with van der Waals surface area (Å²) in [5, 5.41) is 4.53. The smallest absolute Gasteiger partial charge is 0.146 e. The van der Waals surface area contributed by atoms with E-state index in [-0.39, 0.29) is 0 Å². The number of aryl methyl sites for hydroxylation is 3. The lowest BCUT2D eigenvalue weighted by Crippen LogP contribution is -2.00. The molecule has 0 unspecified atom stereocenters.